The predicted octanol–water partition coefficient (Wildman–Crippen LogP) is 1.86. The Bertz CT molecular complexity index is 292. The van der Waals surface area contributed by atoms with E-state index in [1.54, 1.807) is 11.3 Å². The highest BCUT2D eigenvalue weighted by molar-refractivity contribution is 7.10. The molecule has 2 atom stereocenters. The second kappa shape index (κ2) is 5.77. The van der Waals surface area contributed by atoms with Crippen molar-refractivity contribution in [2.24, 2.45) is 5.73 Å². The van der Waals surface area contributed by atoms with E-state index in [0.29, 0.717) is 6.04 Å². The van der Waals surface area contributed by atoms with Gasteiger partial charge in [-0.15, -0.1) is 11.3 Å². The summed E-state index contributed by atoms with van der Waals surface area (Å²) in [6, 6.07) is 4.80. The maximum absolute atomic E-state index is 6.13. The van der Waals surface area contributed by atoms with Crippen LogP contribution in [-0.2, 0) is 4.74 Å². The molecule has 2 N–H and O–H groups in total. The second-order valence-electron chi connectivity index (χ2n) is 4.32. The summed E-state index contributed by atoms with van der Waals surface area (Å²) < 4.78 is 5.49. The van der Waals surface area contributed by atoms with Gasteiger partial charge in [-0.3, -0.25) is 4.90 Å². The fourth-order valence-corrected chi connectivity index (χ4v) is 3.25. The molecular weight excluding hydrogens is 220 g/mol. The number of thiophene rings is 1. The summed E-state index contributed by atoms with van der Waals surface area (Å²) in [7, 11) is 0. The van der Waals surface area contributed by atoms with E-state index in [0.717, 1.165) is 32.7 Å². The van der Waals surface area contributed by atoms with Crippen LogP contribution in [0.2, 0.25) is 0 Å². The number of nitrogens with zero attached hydrogens (tertiary/aromatic N) is 1. The van der Waals surface area contributed by atoms with Gasteiger partial charge in [-0.2, -0.15) is 0 Å². The molecule has 1 aromatic heterocycles. The average Bonchev–Trinajstić information content (AvgIpc) is 2.62. The monoisotopic (exact) mass is 240 g/mol. The van der Waals surface area contributed by atoms with Gasteiger partial charge < -0.3 is 10.5 Å². The standard InChI is InChI=1S/C12H20N2OS/c1-10(13)12(11-4-2-9-16-11)14-5-3-7-15-8-6-14/h2,4,9-10,12H,3,5-8,13H2,1H3. The van der Waals surface area contributed by atoms with Gasteiger partial charge in [0.25, 0.3) is 0 Å². The number of ether oxygens (including phenoxy) is 1. The number of rotatable bonds is 3. The zero-order chi connectivity index (χ0) is 11.4. The lowest BCUT2D eigenvalue weighted by Crippen LogP contribution is -2.40. The summed E-state index contributed by atoms with van der Waals surface area (Å²) in [5, 5.41) is 2.12. The second-order valence-corrected chi connectivity index (χ2v) is 5.30. The lowest BCUT2D eigenvalue weighted by molar-refractivity contribution is 0.127. The SMILES string of the molecule is CC(N)C(c1cccs1)N1CCCOCC1. The fraction of sp³-hybridized carbons (Fsp3) is 0.667. The van der Waals surface area contributed by atoms with E-state index in [2.05, 4.69) is 29.3 Å². The molecule has 1 fully saturated rings. The highest BCUT2D eigenvalue weighted by Crippen LogP contribution is 2.28. The van der Waals surface area contributed by atoms with Gasteiger partial charge in [-0.25, -0.2) is 0 Å². The minimum absolute atomic E-state index is 0.164. The van der Waals surface area contributed by atoms with Gasteiger partial charge in [0.05, 0.1) is 12.6 Å². The molecule has 2 rings (SSSR count). The quantitative estimate of drug-likeness (QED) is 0.876. The molecule has 90 valence electrons. The minimum Gasteiger partial charge on any atom is -0.380 e. The van der Waals surface area contributed by atoms with Crippen molar-refractivity contribution in [1.82, 2.24) is 4.90 Å². The number of hydrogen-bond acceptors (Lipinski definition) is 4. The first-order valence-corrected chi connectivity index (χ1v) is 6.78. The molecule has 0 aromatic carbocycles. The van der Waals surface area contributed by atoms with Crippen molar-refractivity contribution in [2.75, 3.05) is 26.3 Å². The summed E-state index contributed by atoms with van der Waals surface area (Å²) in [5.74, 6) is 0. The molecule has 0 radical (unpaired) electrons. The molecule has 0 bridgehead atoms. The first-order chi connectivity index (χ1) is 7.79. The van der Waals surface area contributed by atoms with Crippen molar-refractivity contribution in [2.45, 2.75) is 25.4 Å². The van der Waals surface area contributed by atoms with Gasteiger partial charge in [0.15, 0.2) is 0 Å². The smallest absolute Gasteiger partial charge is 0.0593 e. The summed E-state index contributed by atoms with van der Waals surface area (Å²) in [6.07, 6.45) is 1.11. The van der Waals surface area contributed by atoms with Gasteiger partial charge in [-0.05, 0) is 24.8 Å². The maximum atomic E-state index is 6.13. The van der Waals surface area contributed by atoms with E-state index >= 15 is 0 Å². The molecule has 0 saturated carbocycles. The summed E-state index contributed by atoms with van der Waals surface area (Å²) >= 11 is 1.80. The predicted molar refractivity (Wildman–Crippen MR) is 67.7 cm³/mol. The largest absolute Gasteiger partial charge is 0.380 e. The van der Waals surface area contributed by atoms with Crippen molar-refractivity contribution in [3.05, 3.63) is 22.4 Å². The molecule has 0 aliphatic carbocycles. The molecule has 1 aliphatic heterocycles. The molecule has 1 aliphatic rings. The van der Waals surface area contributed by atoms with Crippen LogP contribution in [0, 0.1) is 0 Å². The van der Waals surface area contributed by atoms with Crippen LogP contribution >= 0.6 is 11.3 Å². The van der Waals surface area contributed by atoms with Crippen LogP contribution in [0.15, 0.2) is 17.5 Å². The van der Waals surface area contributed by atoms with Gasteiger partial charge in [0, 0.05) is 30.6 Å². The van der Waals surface area contributed by atoms with Crippen LogP contribution in [0.5, 0.6) is 0 Å². The molecule has 2 unspecified atom stereocenters. The Morgan fingerprint density at radius 1 is 1.44 bits per heavy atom. The highest BCUT2D eigenvalue weighted by Gasteiger charge is 2.25. The molecule has 16 heavy (non-hydrogen) atoms. The molecule has 3 nitrogen and oxygen atoms in total. The van der Waals surface area contributed by atoms with Crippen molar-refractivity contribution in [3.63, 3.8) is 0 Å². The van der Waals surface area contributed by atoms with E-state index in [9.17, 15) is 0 Å². The molecule has 1 saturated heterocycles. The van der Waals surface area contributed by atoms with E-state index in [1.165, 1.54) is 4.88 Å². The van der Waals surface area contributed by atoms with E-state index in [4.69, 9.17) is 10.5 Å². The van der Waals surface area contributed by atoms with Crippen molar-refractivity contribution >= 4 is 11.3 Å². The highest BCUT2D eigenvalue weighted by atomic mass is 32.1. The molecule has 4 heteroatoms. The van der Waals surface area contributed by atoms with Crippen LogP contribution in [0.4, 0.5) is 0 Å². The fourth-order valence-electron chi connectivity index (χ4n) is 2.27. The van der Waals surface area contributed by atoms with Crippen molar-refractivity contribution < 1.29 is 4.74 Å². The van der Waals surface area contributed by atoms with Gasteiger partial charge in [0.1, 0.15) is 0 Å². The van der Waals surface area contributed by atoms with Crippen LogP contribution < -0.4 is 5.73 Å². The van der Waals surface area contributed by atoms with Crippen LogP contribution in [0.25, 0.3) is 0 Å². The Hall–Kier alpha value is -0.420. The molecular formula is C12H20N2OS. The lowest BCUT2D eigenvalue weighted by Gasteiger charge is -2.32. The minimum atomic E-state index is 0.164. The summed E-state index contributed by atoms with van der Waals surface area (Å²) in [5.41, 5.74) is 6.13. The summed E-state index contributed by atoms with van der Waals surface area (Å²) in [6.45, 7) is 5.88. The zero-order valence-corrected chi connectivity index (χ0v) is 10.6. The number of hydrogen-bond donors (Lipinski definition) is 1. The van der Waals surface area contributed by atoms with Crippen molar-refractivity contribution in [3.8, 4) is 0 Å². The Balaban J connectivity index is 2.12. The van der Waals surface area contributed by atoms with Crippen LogP contribution in [0.3, 0.4) is 0 Å². The van der Waals surface area contributed by atoms with Crippen LogP contribution in [-0.4, -0.2) is 37.2 Å². The third-order valence-electron chi connectivity index (χ3n) is 2.98. The first kappa shape index (κ1) is 12.0. The third-order valence-corrected chi connectivity index (χ3v) is 3.93. The Morgan fingerprint density at radius 3 is 3.00 bits per heavy atom. The van der Waals surface area contributed by atoms with Crippen LogP contribution in [0.1, 0.15) is 24.3 Å². The topological polar surface area (TPSA) is 38.5 Å². The van der Waals surface area contributed by atoms with Gasteiger partial charge >= 0.3 is 0 Å². The Labute approximate surface area is 101 Å². The van der Waals surface area contributed by atoms with Gasteiger partial charge in [-0.1, -0.05) is 6.07 Å². The molecule has 2 heterocycles. The van der Waals surface area contributed by atoms with E-state index in [-0.39, 0.29) is 6.04 Å². The van der Waals surface area contributed by atoms with Crippen molar-refractivity contribution in [1.29, 1.82) is 0 Å². The average molecular weight is 240 g/mol. The van der Waals surface area contributed by atoms with E-state index in [1.807, 2.05) is 0 Å². The number of nitrogens with two attached hydrogens (primary N) is 1. The lowest BCUT2D eigenvalue weighted by atomic mass is 10.1. The maximum Gasteiger partial charge on any atom is 0.0593 e. The molecule has 0 amide bonds. The molecule has 1 aromatic rings. The third kappa shape index (κ3) is 2.83. The normalized spacial score (nSPS) is 22.6. The van der Waals surface area contributed by atoms with Gasteiger partial charge in [0.2, 0.25) is 0 Å². The molecule has 0 spiro atoms. The van der Waals surface area contributed by atoms with E-state index < -0.39 is 0 Å². The zero-order valence-electron chi connectivity index (χ0n) is 9.76. The Kier molecular flexibility index (Phi) is 4.35. The first-order valence-electron chi connectivity index (χ1n) is 5.90. The summed E-state index contributed by atoms with van der Waals surface area (Å²) in [4.78, 5) is 3.83. The Morgan fingerprint density at radius 2 is 2.31 bits per heavy atom.